The van der Waals surface area contributed by atoms with Crippen LogP contribution in [0.25, 0.3) is 0 Å². The fourth-order valence-corrected chi connectivity index (χ4v) is 1.38. The molecule has 0 saturated carbocycles. The van der Waals surface area contributed by atoms with Gasteiger partial charge in [0.15, 0.2) is 5.82 Å². The van der Waals surface area contributed by atoms with Crippen LogP contribution < -0.4 is 11.1 Å². The number of nitrogens with zero attached hydrogens (tertiary/aromatic N) is 1. The van der Waals surface area contributed by atoms with Crippen LogP contribution in [-0.4, -0.2) is 11.5 Å². The molecule has 1 aliphatic rings. The molecule has 15 heavy (non-hydrogen) atoms. The number of hydrogen-bond donors (Lipinski definition) is 2. The third-order valence-corrected chi connectivity index (χ3v) is 2.11. The molecule has 1 rings (SSSR count). The summed E-state index contributed by atoms with van der Waals surface area (Å²) in [5.41, 5.74) is 6.71. The van der Waals surface area contributed by atoms with Gasteiger partial charge >= 0.3 is 0 Å². The summed E-state index contributed by atoms with van der Waals surface area (Å²) >= 11 is 0. The molecular formula is C10H15N3O2. The van der Waals surface area contributed by atoms with Crippen LogP contribution in [0.1, 0.15) is 19.3 Å². The van der Waals surface area contributed by atoms with Gasteiger partial charge in [0, 0.05) is 6.54 Å². The van der Waals surface area contributed by atoms with E-state index in [0.717, 1.165) is 25.5 Å². The van der Waals surface area contributed by atoms with Gasteiger partial charge in [-0.3, -0.25) is 10.1 Å². The first-order valence-corrected chi connectivity index (χ1v) is 4.86. The Morgan fingerprint density at radius 1 is 1.67 bits per heavy atom. The third kappa shape index (κ3) is 4.85. The van der Waals surface area contributed by atoms with Crippen LogP contribution in [0, 0.1) is 10.1 Å². The van der Waals surface area contributed by atoms with Crippen molar-refractivity contribution in [1.82, 2.24) is 5.32 Å². The molecular weight excluding hydrogens is 194 g/mol. The molecule has 0 spiro atoms. The van der Waals surface area contributed by atoms with Crippen LogP contribution in [-0.2, 0) is 0 Å². The average molecular weight is 209 g/mol. The Bertz CT molecular complexity index is 317. The summed E-state index contributed by atoms with van der Waals surface area (Å²) < 4.78 is 0. The molecule has 0 fully saturated rings. The zero-order chi connectivity index (χ0) is 11.1. The molecule has 0 unspecified atom stereocenters. The van der Waals surface area contributed by atoms with E-state index in [2.05, 4.69) is 23.5 Å². The van der Waals surface area contributed by atoms with E-state index in [9.17, 15) is 10.1 Å². The maximum Gasteiger partial charge on any atom is 0.273 e. The zero-order valence-corrected chi connectivity index (χ0v) is 8.48. The molecule has 0 aliphatic heterocycles. The number of allylic oxidation sites excluding steroid dienone is 3. The van der Waals surface area contributed by atoms with Crippen LogP contribution >= 0.6 is 0 Å². The van der Waals surface area contributed by atoms with Gasteiger partial charge in [-0.25, -0.2) is 0 Å². The van der Waals surface area contributed by atoms with Crippen molar-refractivity contribution in [1.29, 1.82) is 0 Å². The van der Waals surface area contributed by atoms with Gasteiger partial charge in [-0.2, -0.15) is 0 Å². The smallest absolute Gasteiger partial charge is 0.273 e. The van der Waals surface area contributed by atoms with Crippen LogP contribution in [0.4, 0.5) is 0 Å². The monoisotopic (exact) mass is 209 g/mol. The molecule has 0 atom stereocenters. The lowest BCUT2D eigenvalue weighted by Gasteiger charge is -2.09. The summed E-state index contributed by atoms with van der Waals surface area (Å²) in [5, 5.41) is 12.9. The number of rotatable bonds is 5. The summed E-state index contributed by atoms with van der Waals surface area (Å²) in [6.45, 7) is 0.635. The second-order valence-electron chi connectivity index (χ2n) is 3.32. The average Bonchev–Trinajstić information content (AvgIpc) is 2.18. The molecule has 82 valence electrons. The Labute approximate surface area is 88.5 Å². The lowest BCUT2D eigenvalue weighted by Crippen LogP contribution is -2.22. The van der Waals surface area contributed by atoms with Crippen molar-refractivity contribution in [2.45, 2.75) is 19.3 Å². The fourth-order valence-electron chi connectivity index (χ4n) is 1.38. The van der Waals surface area contributed by atoms with E-state index in [0.29, 0.717) is 6.54 Å². The van der Waals surface area contributed by atoms with Crippen LogP contribution in [0.2, 0.25) is 0 Å². The highest BCUT2D eigenvalue weighted by Gasteiger charge is 2.00. The van der Waals surface area contributed by atoms with E-state index in [1.54, 1.807) is 0 Å². The van der Waals surface area contributed by atoms with Crippen LogP contribution in [0.3, 0.4) is 0 Å². The van der Waals surface area contributed by atoms with E-state index in [1.807, 2.05) is 0 Å². The van der Waals surface area contributed by atoms with Crippen molar-refractivity contribution in [2.75, 3.05) is 6.54 Å². The van der Waals surface area contributed by atoms with Gasteiger partial charge in [0.25, 0.3) is 6.20 Å². The van der Waals surface area contributed by atoms with E-state index in [4.69, 9.17) is 5.73 Å². The van der Waals surface area contributed by atoms with E-state index < -0.39 is 4.92 Å². The molecule has 3 N–H and O–H groups in total. The van der Waals surface area contributed by atoms with Crippen molar-refractivity contribution >= 4 is 0 Å². The van der Waals surface area contributed by atoms with Gasteiger partial charge < -0.3 is 11.1 Å². The number of nitrogens with two attached hydrogens (primary N) is 1. The quantitative estimate of drug-likeness (QED) is 0.406. The number of hydrogen-bond acceptors (Lipinski definition) is 4. The number of nitrogens with one attached hydrogen (secondary N) is 1. The van der Waals surface area contributed by atoms with Gasteiger partial charge in [0.2, 0.25) is 0 Å². The summed E-state index contributed by atoms with van der Waals surface area (Å²) in [4.78, 5) is 9.50. The Balaban J connectivity index is 2.21. The topological polar surface area (TPSA) is 81.2 Å². The largest absolute Gasteiger partial charge is 0.380 e. The van der Waals surface area contributed by atoms with E-state index in [-0.39, 0.29) is 5.82 Å². The lowest BCUT2D eigenvalue weighted by atomic mass is 10.0. The van der Waals surface area contributed by atoms with Crippen molar-refractivity contribution in [3.63, 3.8) is 0 Å². The maximum atomic E-state index is 10.1. The predicted molar refractivity (Wildman–Crippen MR) is 58.3 cm³/mol. The summed E-state index contributed by atoms with van der Waals surface area (Å²) in [6.07, 6.45) is 10.0. The van der Waals surface area contributed by atoms with Crippen molar-refractivity contribution in [2.24, 2.45) is 5.73 Å². The summed E-state index contributed by atoms with van der Waals surface area (Å²) in [5.74, 6) is 0.104. The minimum atomic E-state index is -0.565. The molecule has 0 aromatic heterocycles. The molecule has 0 amide bonds. The Morgan fingerprint density at radius 3 is 3.07 bits per heavy atom. The summed E-state index contributed by atoms with van der Waals surface area (Å²) in [6, 6.07) is 0. The Hall–Kier alpha value is -1.78. The Kier molecular flexibility index (Phi) is 4.40. The van der Waals surface area contributed by atoms with Crippen molar-refractivity contribution < 1.29 is 4.92 Å². The minimum absolute atomic E-state index is 0.104. The van der Waals surface area contributed by atoms with Gasteiger partial charge in [0.05, 0.1) is 4.92 Å². The highest BCUT2D eigenvalue weighted by atomic mass is 16.6. The Morgan fingerprint density at radius 2 is 2.47 bits per heavy atom. The van der Waals surface area contributed by atoms with Crippen LogP contribution in [0.5, 0.6) is 0 Å². The van der Waals surface area contributed by atoms with Gasteiger partial charge in [-0.05, 0) is 19.3 Å². The first kappa shape index (κ1) is 11.3. The lowest BCUT2D eigenvalue weighted by molar-refractivity contribution is -0.403. The molecule has 0 aromatic carbocycles. The second kappa shape index (κ2) is 5.85. The van der Waals surface area contributed by atoms with E-state index in [1.165, 1.54) is 5.57 Å². The highest BCUT2D eigenvalue weighted by Crippen LogP contribution is 2.13. The number of nitro groups is 1. The molecule has 1 aliphatic carbocycles. The van der Waals surface area contributed by atoms with Gasteiger partial charge in [-0.1, -0.05) is 23.8 Å². The van der Waals surface area contributed by atoms with Gasteiger partial charge in [0.1, 0.15) is 0 Å². The minimum Gasteiger partial charge on any atom is -0.380 e. The molecule has 0 aromatic rings. The SMILES string of the molecule is NC(=C[N+](=O)[O-])NCCC1=CCC=CC1. The first-order valence-electron chi connectivity index (χ1n) is 4.86. The van der Waals surface area contributed by atoms with Crippen LogP contribution in [0.15, 0.2) is 35.8 Å². The summed E-state index contributed by atoms with van der Waals surface area (Å²) in [7, 11) is 0. The van der Waals surface area contributed by atoms with Crippen molar-refractivity contribution in [3.05, 3.63) is 45.9 Å². The van der Waals surface area contributed by atoms with Gasteiger partial charge in [-0.15, -0.1) is 0 Å². The molecule has 0 radical (unpaired) electrons. The fraction of sp³-hybridized carbons (Fsp3) is 0.400. The normalized spacial score (nSPS) is 16.0. The highest BCUT2D eigenvalue weighted by molar-refractivity contribution is 5.14. The molecule has 0 bridgehead atoms. The zero-order valence-electron chi connectivity index (χ0n) is 8.48. The first-order chi connectivity index (χ1) is 7.18. The predicted octanol–water partition coefficient (Wildman–Crippen LogP) is 1.28. The molecule has 5 nitrogen and oxygen atoms in total. The van der Waals surface area contributed by atoms with Crippen molar-refractivity contribution in [3.8, 4) is 0 Å². The molecule has 0 heterocycles. The molecule has 5 heteroatoms. The maximum absolute atomic E-state index is 10.1. The third-order valence-electron chi connectivity index (χ3n) is 2.11. The standard InChI is InChI=1S/C10H15N3O2/c11-10(8-13(14)15)12-7-6-9-4-2-1-3-5-9/h1-2,5,8,12H,3-4,6-7,11H2. The molecule has 0 saturated heterocycles. The van der Waals surface area contributed by atoms with E-state index >= 15 is 0 Å². The second-order valence-corrected chi connectivity index (χ2v) is 3.32.